The highest BCUT2D eigenvalue weighted by atomic mass is 16.3. The minimum atomic E-state index is -0.992. The first kappa shape index (κ1) is 26.0. The molecule has 7 nitrogen and oxygen atoms in total. The molecule has 0 saturated heterocycles. The Balaban J connectivity index is 1.40. The highest BCUT2D eigenvalue weighted by Gasteiger charge is 2.36. The molecule has 3 N–H and O–H groups in total. The quantitative estimate of drug-likeness (QED) is 0.488. The Labute approximate surface area is 212 Å². The maximum absolute atomic E-state index is 12.9. The summed E-state index contributed by atoms with van der Waals surface area (Å²) in [5.74, 6) is 0.327. The fourth-order valence-corrected chi connectivity index (χ4v) is 5.49. The van der Waals surface area contributed by atoms with E-state index in [9.17, 15) is 19.8 Å². The lowest BCUT2D eigenvalue weighted by Crippen LogP contribution is -2.43. The minimum Gasteiger partial charge on any atom is -0.393 e. The molecule has 4 rings (SSSR count). The lowest BCUT2D eigenvalue weighted by atomic mass is 9.77. The summed E-state index contributed by atoms with van der Waals surface area (Å²) in [6.45, 7) is 4.23. The number of fused-ring (bicyclic) bond motifs is 1. The number of para-hydroxylation sites is 1. The normalized spacial score (nSPS) is 25.1. The molecule has 1 fully saturated rings. The maximum atomic E-state index is 12.9. The van der Waals surface area contributed by atoms with Crippen molar-refractivity contribution in [3.63, 3.8) is 0 Å². The Morgan fingerprint density at radius 3 is 2.64 bits per heavy atom. The first-order valence-corrected chi connectivity index (χ1v) is 12.9. The van der Waals surface area contributed by atoms with E-state index in [-0.39, 0.29) is 36.3 Å². The zero-order chi connectivity index (χ0) is 25.7. The van der Waals surface area contributed by atoms with Gasteiger partial charge in [0.2, 0.25) is 5.91 Å². The van der Waals surface area contributed by atoms with Gasteiger partial charge in [-0.15, -0.1) is 0 Å². The van der Waals surface area contributed by atoms with Gasteiger partial charge in [0, 0.05) is 25.4 Å². The van der Waals surface area contributed by atoms with E-state index < -0.39 is 11.7 Å². The number of aliphatic hydroxyl groups excluding tert-OH is 1. The Hall–Kier alpha value is -3.03. The molecule has 0 spiro atoms. The van der Waals surface area contributed by atoms with E-state index in [4.69, 9.17) is 0 Å². The standard InChI is InChI=1S/C29H37N3O4/c1-20-31-26-14-7-6-13-25(26)28(35)32(20)16-15-27(34)30-19-23-11-8-12-24(33)17-22(18-29(23,2)36)21-9-4-3-5-10-21/h3-7,9-10,13-14,22-24,33,36H,8,11-12,15-19H2,1-2H3,(H,30,34)/t22-,23+,24+,29-/m0/s1. The van der Waals surface area contributed by atoms with E-state index in [0.717, 1.165) is 18.4 Å². The van der Waals surface area contributed by atoms with Gasteiger partial charge in [0.05, 0.1) is 22.6 Å². The van der Waals surface area contributed by atoms with E-state index in [1.165, 1.54) is 0 Å². The molecule has 1 aliphatic rings. The number of nitrogens with one attached hydrogen (secondary N) is 1. The Morgan fingerprint density at radius 2 is 1.86 bits per heavy atom. The highest BCUT2D eigenvalue weighted by Crippen LogP contribution is 2.38. The van der Waals surface area contributed by atoms with Gasteiger partial charge >= 0.3 is 0 Å². The predicted octanol–water partition coefficient (Wildman–Crippen LogP) is 3.69. The number of hydrogen-bond acceptors (Lipinski definition) is 5. The topological polar surface area (TPSA) is 104 Å². The third-order valence-corrected chi connectivity index (χ3v) is 7.62. The molecule has 0 aliphatic heterocycles. The Bertz CT molecular complexity index is 1240. The third-order valence-electron chi connectivity index (χ3n) is 7.62. The smallest absolute Gasteiger partial charge is 0.261 e. The summed E-state index contributed by atoms with van der Waals surface area (Å²) in [7, 11) is 0. The van der Waals surface area contributed by atoms with Crippen molar-refractivity contribution in [2.75, 3.05) is 6.54 Å². The third kappa shape index (κ3) is 6.20. The second-order valence-electron chi connectivity index (χ2n) is 10.4. The molecule has 1 aliphatic carbocycles. The first-order chi connectivity index (χ1) is 17.2. The van der Waals surface area contributed by atoms with Crippen molar-refractivity contribution in [2.45, 2.75) is 76.5 Å². The predicted molar refractivity (Wildman–Crippen MR) is 141 cm³/mol. The minimum absolute atomic E-state index is 0.0442. The number of aryl methyl sites for hydroxylation is 1. The van der Waals surface area contributed by atoms with Crippen molar-refractivity contribution in [2.24, 2.45) is 5.92 Å². The number of hydrogen-bond donors (Lipinski definition) is 3. The van der Waals surface area contributed by atoms with Gasteiger partial charge in [0.25, 0.3) is 5.56 Å². The summed E-state index contributed by atoms with van der Waals surface area (Å²) in [6.07, 6.45) is 3.08. The highest BCUT2D eigenvalue weighted by molar-refractivity contribution is 5.78. The molecule has 36 heavy (non-hydrogen) atoms. The molecule has 1 saturated carbocycles. The number of amides is 1. The van der Waals surface area contributed by atoms with Crippen molar-refractivity contribution in [3.8, 4) is 0 Å². The molecular weight excluding hydrogens is 454 g/mol. The molecule has 0 unspecified atom stereocenters. The van der Waals surface area contributed by atoms with Gasteiger partial charge in [-0.1, -0.05) is 48.9 Å². The fourth-order valence-electron chi connectivity index (χ4n) is 5.49. The van der Waals surface area contributed by atoms with E-state index in [1.807, 2.05) is 55.5 Å². The van der Waals surface area contributed by atoms with Crippen LogP contribution in [-0.4, -0.2) is 43.9 Å². The zero-order valence-corrected chi connectivity index (χ0v) is 21.2. The zero-order valence-electron chi connectivity index (χ0n) is 21.2. The molecule has 1 aromatic heterocycles. The monoisotopic (exact) mass is 491 g/mol. The van der Waals surface area contributed by atoms with Crippen LogP contribution in [0.4, 0.5) is 0 Å². The molecule has 1 heterocycles. The van der Waals surface area contributed by atoms with Gasteiger partial charge in [-0.3, -0.25) is 14.2 Å². The van der Waals surface area contributed by atoms with Gasteiger partial charge in [-0.25, -0.2) is 4.98 Å². The van der Waals surface area contributed by atoms with Crippen LogP contribution in [0.1, 0.15) is 62.8 Å². The van der Waals surface area contributed by atoms with E-state index >= 15 is 0 Å². The van der Waals surface area contributed by atoms with Crippen LogP contribution in [0, 0.1) is 12.8 Å². The lowest BCUT2D eigenvalue weighted by molar-refractivity contribution is -0.122. The van der Waals surface area contributed by atoms with Crippen LogP contribution in [0.2, 0.25) is 0 Å². The SMILES string of the molecule is Cc1nc2ccccc2c(=O)n1CCC(=O)NC[C@H]1CCC[C@@H](O)C[C@H](c2ccccc2)C[C@]1(C)O. The summed E-state index contributed by atoms with van der Waals surface area (Å²) in [5, 5.41) is 25.6. The number of aromatic nitrogens is 2. The van der Waals surface area contributed by atoms with Crippen LogP contribution in [0.25, 0.3) is 10.9 Å². The fraction of sp³-hybridized carbons (Fsp3) is 0.483. The van der Waals surface area contributed by atoms with Gasteiger partial charge in [0.15, 0.2) is 0 Å². The molecule has 0 radical (unpaired) electrons. The maximum Gasteiger partial charge on any atom is 0.261 e. The molecule has 0 bridgehead atoms. The van der Waals surface area contributed by atoms with Crippen molar-refractivity contribution in [1.29, 1.82) is 0 Å². The average molecular weight is 492 g/mol. The second kappa shape index (κ2) is 11.4. The summed E-state index contributed by atoms with van der Waals surface area (Å²) >= 11 is 0. The van der Waals surface area contributed by atoms with Gasteiger partial charge in [0.1, 0.15) is 5.82 Å². The molecule has 1 amide bonds. The average Bonchev–Trinajstić information content (AvgIpc) is 2.90. The van der Waals surface area contributed by atoms with Crippen LogP contribution >= 0.6 is 0 Å². The summed E-state index contributed by atoms with van der Waals surface area (Å²) < 4.78 is 1.55. The van der Waals surface area contributed by atoms with Crippen molar-refractivity contribution >= 4 is 16.8 Å². The van der Waals surface area contributed by atoms with Crippen molar-refractivity contribution in [3.05, 3.63) is 76.3 Å². The largest absolute Gasteiger partial charge is 0.393 e. The molecule has 2 aromatic carbocycles. The Kier molecular flexibility index (Phi) is 8.21. The molecule has 3 aromatic rings. The van der Waals surface area contributed by atoms with Crippen molar-refractivity contribution in [1.82, 2.24) is 14.9 Å². The number of aliphatic hydroxyl groups is 2. The summed E-state index contributed by atoms with van der Waals surface area (Å²) in [5.41, 5.74) is 0.636. The van der Waals surface area contributed by atoms with Crippen molar-refractivity contribution < 1.29 is 15.0 Å². The van der Waals surface area contributed by atoms with Gasteiger partial charge in [-0.05, 0) is 63.1 Å². The van der Waals surface area contributed by atoms with Crippen LogP contribution in [0.5, 0.6) is 0 Å². The molecular formula is C29H37N3O4. The number of carbonyl (C=O) groups excluding carboxylic acids is 1. The number of nitrogens with zero attached hydrogens (tertiary/aromatic N) is 2. The summed E-state index contributed by atoms with van der Waals surface area (Å²) in [6, 6.07) is 17.3. The van der Waals surface area contributed by atoms with Gasteiger partial charge in [-0.2, -0.15) is 0 Å². The van der Waals surface area contributed by atoms with Crippen LogP contribution in [0.3, 0.4) is 0 Å². The number of carbonyl (C=O) groups is 1. The van der Waals surface area contributed by atoms with E-state index in [1.54, 1.807) is 17.6 Å². The molecule has 4 atom stereocenters. The Morgan fingerprint density at radius 1 is 1.14 bits per heavy atom. The van der Waals surface area contributed by atoms with Crippen LogP contribution in [0.15, 0.2) is 59.4 Å². The molecule has 7 heteroatoms. The lowest BCUT2D eigenvalue weighted by Gasteiger charge is -2.35. The van der Waals surface area contributed by atoms with Gasteiger partial charge < -0.3 is 15.5 Å². The van der Waals surface area contributed by atoms with Crippen LogP contribution in [-0.2, 0) is 11.3 Å². The second-order valence-corrected chi connectivity index (χ2v) is 10.4. The van der Waals surface area contributed by atoms with E-state index in [2.05, 4.69) is 10.3 Å². The number of benzene rings is 2. The van der Waals surface area contributed by atoms with Crippen LogP contribution < -0.4 is 10.9 Å². The molecule has 192 valence electrons. The number of rotatable bonds is 6. The first-order valence-electron chi connectivity index (χ1n) is 12.9. The van der Waals surface area contributed by atoms with E-state index in [0.29, 0.717) is 42.5 Å². The summed E-state index contributed by atoms with van der Waals surface area (Å²) in [4.78, 5) is 30.1.